The molecule has 1 fully saturated rings. The first-order chi connectivity index (χ1) is 8.68. The summed E-state index contributed by atoms with van der Waals surface area (Å²) in [5.41, 5.74) is 8.88. The quantitative estimate of drug-likeness (QED) is 0.840. The van der Waals surface area contributed by atoms with Crippen LogP contribution in [0.15, 0.2) is 30.5 Å². The van der Waals surface area contributed by atoms with Crippen molar-refractivity contribution in [3.8, 4) is 0 Å². The van der Waals surface area contributed by atoms with Crippen LogP contribution in [0.2, 0.25) is 0 Å². The van der Waals surface area contributed by atoms with Crippen LogP contribution < -0.4 is 10.6 Å². The predicted octanol–water partition coefficient (Wildman–Crippen LogP) is 3.05. The molecule has 2 aromatic rings. The van der Waals surface area contributed by atoms with Gasteiger partial charge in [-0.25, -0.2) is 0 Å². The molecule has 0 saturated heterocycles. The summed E-state index contributed by atoms with van der Waals surface area (Å²) < 4.78 is 0. The van der Waals surface area contributed by atoms with E-state index < -0.39 is 0 Å². The molecule has 0 amide bonds. The second kappa shape index (κ2) is 4.16. The van der Waals surface area contributed by atoms with Crippen LogP contribution in [0, 0.1) is 5.92 Å². The molecule has 0 aliphatic heterocycles. The molecule has 1 aromatic heterocycles. The van der Waals surface area contributed by atoms with Crippen molar-refractivity contribution in [1.29, 1.82) is 0 Å². The van der Waals surface area contributed by atoms with Crippen molar-refractivity contribution in [2.45, 2.75) is 25.8 Å². The number of rotatable bonds is 3. The minimum atomic E-state index is 0.581. The lowest BCUT2D eigenvalue weighted by molar-refractivity contribution is 0.610. The zero-order chi connectivity index (χ0) is 12.7. The van der Waals surface area contributed by atoms with E-state index in [1.807, 2.05) is 12.1 Å². The molecule has 1 heterocycles. The first kappa shape index (κ1) is 11.3. The van der Waals surface area contributed by atoms with Crippen LogP contribution in [0.5, 0.6) is 0 Å². The number of nitrogen functional groups attached to an aromatic ring is 1. The van der Waals surface area contributed by atoms with Crippen molar-refractivity contribution in [3.05, 3.63) is 30.5 Å². The minimum absolute atomic E-state index is 0.581. The van der Waals surface area contributed by atoms with Gasteiger partial charge in [-0.2, -0.15) is 0 Å². The Labute approximate surface area is 108 Å². The van der Waals surface area contributed by atoms with Crippen molar-refractivity contribution in [3.63, 3.8) is 0 Å². The lowest BCUT2D eigenvalue weighted by Crippen LogP contribution is -2.30. The minimum Gasteiger partial charge on any atom is -0.397 e. The Morgan fingerprint density at radius 3 is 2.83 bits per heavy atom. The number of pyridine rings is 1. The molecule has 3 rings (SSSR count). The Kier molecular flexibility index (Phi) is 2.62. The van der Waals surface area contributed by atoms with Gasteiger partial charge in [0.15, 0.2) is 0 Å². The van der Waals surface area contributed by atoms with E-state index in [9.17, 15) is 0 Å². The highest BCUT2D eigenvalue weighted by Gasteiger charge is 2.31. The third-order valence-corrected chi connectivity index (χ3v) is 4.07. The van der Waals surface area contributed by atoms with Crippen LogP contribution in [-0.4, -0.2) is 18.1 Å². The van der Waals surface area contributed by atoms with Crippen molar-refractivity contribution in [2.24, 2.45) is 5.92 Å². The molecule has 94 valence electrons. The van der Waals surface area contributed by atoms with Gasteiger partial charge in [-0.05, 0) is 49.9 Å². The molecule has 1 atom stereocenters. The number of hydrogen-bond acceptors (Lipinski definition) is 3. The summed E-state index contributed by atoms with van der Waals surface area (Å²) >= 11 is 0. The molecule has 0 bridgehead atoms. The fraction of sp³-hybridized carbons (Fsp3) is 0.400. The van der Waals surface area contributed by atoms with E-state index in [0.29, 0.717) is 6.04 Å². The summed E-state index contributed by atoms with van der Waals surface area (Å²) in [6, 6.07) is 8.72. The fourth-order valence-electron chi connectivity index (χ4n) is 2.60. The number of nitrogens with two attached hydrogens (primary N) is 1. The summed E-state index contributed by atoms with van der Waals surface area (Å²) in [4.78, 5) is 6.75. The zero-order valence-electron chi connectivity index (χ0n) is 10.9. The van der Waals surface area contributed by atoms with Gasteiger partial charge in [0.05, 0.1) is 11.2 Å². The van der Waals surface area contributed by atoms with E-state index in [4.69, 9.17) is 5.73 Å². The van der Waals surface area contributed by atoms with E-state index in [2.05, 4.69) is 36.0 Å². The van der Waals surface area contributed by atoms with Gasteiger partial charge in [0, 0.05) is 30.4 Å². The normalized spacial score (nSPS) is 16.8. The molecule has 1 aliphatic carbocycles. The number of hydrogen-bond donors (Lipinski definition) is 1. The number of aromatic nitrogens is 1. The summed E-state index contributed by atoms with van der Waals surface area (Å²) in [5.74, 6) is 0.847. The van der Waals surface area contributed by atoms with Gasteiger partial charge in [0.1, 0.15) is 0 Å². The fourth-order valence-corrected chi connectivity index (χ4v) is 2.60. The molecule has 0 radical (unpaired) electrons. The van der Waals surface area contributed by atoms with Gasteiger partial charge in [-0.3, -0.25) is 4.98 Å². The van der Waals surface area contributed by atoms with E-state index in [-0.39, 0.29) is 0 Å². The molecular formula is C15H19N3. The van der Waals surface area contributed by atoms with Gasteiger partial charge >= 0.3 is 0 Å². The lowest BCUT2D eigenvalue weighted by atomic mass is 10.1. The highest BCUT2D eigenvalue weighted by molar-refractivity contribution is 5.98. The first-order valence-electron chi connectivity index (χ1n) is 6.54. The van der Waals surface area contributed by atoms with Crippen LogP contribution >= 0.6 is 0 Å². The van der Waals surface area contributed by atoms with Gasteiger partial charge < -0.3 is 10.6 Å². The summed E-state index contributed by atoms with van der Waals surface area (Å²) in [6.07, 6.45) is 4.51. The molecular weight excluding hydrogens is 222 g/mol. The maximum Gasteiger partial charge on any atom is 0.0951 e. The molecule has 18 heavy (non-hydrogen) atoms. The van der Waals surface area contributed by atoms with Crippen molar-refractivity contribution in [1.82, 2.24) is 4.98 Å². The van der Waals surface area contributed by atoms with Crippen LogP contribution in [0.25, 0.3) is 10.9 Å². The Hall–Kier alpha value is -1.77. The van der Waals surface area contributed by atoms with E-state index >= 15 is 0 Å². The van der Waals surface area contributed by atoms with Crippen LogP contribution in [0.4, 0.5) is 11.4 Å². The zero-order valence-corrected chi connectivity index (χ0v) is 10.9. The maximum atomic E-state index is 5.99. The molecule has 1 aliphatic rings. The Balaban J connectivity index is 2.08. The number of fused-ring (bicyclic) bond motifs is 1. The van der Waals surface area contributed by atoms with Crippen LogP contribution in [-0.2, 0) is 0 Å². The highest BCUT2D eigenvalue weighted by atomic mass is 15.1. The number of anilines is 2. The van der Waals surface area contributed by atoms with E-state index in [1.165, 1.54) is 18.5 Å². The summed E-state index contributed by atoms with van der Waals surface area (Å²) in [5, 5.41) is 1.15. The molecule has 1 aromatic carbocycles. The second-order valence-corrected chi connectivity index (χ2v) is 5.26. The summed E-state index contributed by atoms with van der Waals surface area (Å²) in [6.45, 7) is 2.30. The van der Waals surface area contributed by atoms with Gasteiger partial charge in [0.2, 0.25) is 0 Å². The number of nitrogens with zero attached hydrogens (tertiary/aromatic N) is 2. The molecule has 3 nitrogen and oxygen atoms in total. The Morgan fingerprint density at radius 1 is 1.33 bits per heavy atom. The van der Waals surface area contributed by atoms with Crippen molar-refractivity contribution in [2.75, 3.05) is 17.7 Å². The third kappa shape index (κ3) is 1.80. The Morgan fingerprint density at radius 2 is 2.11 bits per heavy atom. The summed E-state index contributed by atoms with van der Waals surface area (Å²) in [7, 11) is 2.17. The molecule has 2 N–H and O–H groups in total. The smallest absolute Gasteiger partial charge is 0.0951 e. The topological polar surface area (TPSA) is 42.1 Å². The standard InChI is InChI=1S/C15H19N3/c1-10(11-5-6-11)18(2)14-8-7-13(16)15-12(14)4-3-9-17-15/h3-4,7-11H,5-6,16H2,1-2H3. The highest BCUT2D eigenvalue weighted by Crippen LogP contribution is 2.38. The average molecular weight is 241 g/mol. The van der Waals surface area contributed by atoms with Crippen LogP contribution in [0.1, 0.15) is 19.8 Å². The van der Waals surface area contributed by atoms with Crippen LogP contribution in [0.3, 0.4) is 0 Å². The van der Waals surface area contributed by atoms with Gasteiger partial charge in [-0.15, -0.1) is 0 Å². The number of benzene rings is 1. The monoisotopic (exact) mass is 241 g/mol. The lowest BCUT2D eigenvalue weighted by Gasteiger charge is -2.28. The largest absolute Gasteiger partial charge is 0.397 e. The van der Waals surface area contributed by atoms with Gasteiger partial charge in [-0.1, -0.05) is 0 Å². The first-order valence-corrected chi connectivity index (χ1v) is 6.54. The molecule has 3 heteroatoms. The van der Waals surface area contributed by atoms with Crippen molar-refractivity contribution >= 4 is 22.3 Å². The van der Waals surface area contributed by atoms with E-state index in [0.717, 1.165) is 22.5 Å². The average Bonchev–Trinajstić information content (AvgIpc) is 3.22. The Bertz CT molecular complexity index is 575. The van der Waals surface area contributed by atoms with Crippen molar-refractivity contribution < 1.29 is 0 Å². The second-order valence-electron chi connectivity index (χ2n) is 5.26. The van der Waals surface area contributed by atoms with Gasteiger partial charge in [0.25, 0.3) is 0 Å². The van der Waals surface area contributed by atoms with E-state index in [1.54, 1.807) is 6.20 Å². The molecule has 1 unspecified atom stereocenters. The SMILES string of the molecule is CC(C1CC1)N(C)c1ccc(N)c2ncccc12. The molecule has 1 saturated carbocycles. The maximum absolute atomic E-state index is 5.99. The predicted molar refractivity (Wildman–Crippen MR) is 76.7 cm³/mol. The third-order valence-electron chi connectivity index (χ3n) is 4.07. The molecule has 0 spiro atoms.